The molecule has 0 saturated heterocycles. The van der Waals surface area contributed by atoms with Gasteiger partial charge in [-0.25, -0.2) is 15.0 Å². The molecule has 0 aliphatic heterocycles. The third kappa shape index (κ3) is 1.53. The molecule has 4 aromatic rings. The number of aromatic nitrogens is 4. The fraction of sp³-hybridized carbons (Fsp3) is 0. The van der Waals surface area contributed by atoms with Crippen LogP contribution in [0.5, 0.6) is 0 Å². The number of anilines is 1. The number of benzene rings is 2. The second kappa shape index (κ2) is 4.03. The van der Waals surface area contributed by atoms with Crippen LogP contribution in [-0.4, -0.2) is 19.5 Å². The number of imidazole rings is 1. The Hall–Kier alpha value is -2.95. The van der Waals surface area contributed by atoms with Crippen LogP contribution in [0, 0.1) is 0 Å². The maximum Gasteiger partial charge on any atom is 0.149 e. The summed E-state index contributed by atoms with van der Waals surface area (Å²) in [6, 6.07) is 13.6. The van der Waals surface area contributed by atoms with Gasteiger partial charge in [-0.15, -0.1) is 0 Å². The number of hydrogen-bond donors (Lipinski definition) is 1. The first-order chi connectivity index (χ1) is 9.83. The first-order valence-electron chi connectivity index (χ1n) is 6.25. The molecule has 0 fully saturated rings. The molecule has 0 amide bonds. The first-order valence-corrected chi connectivity index (χ1v) is 6.25. The molecule has 2 heterocycles. The van der Waals surface area contributed by atoms with Gasteiger partial charge in [-0.1, -0.05) is 12.1 Å². The van der Waals surface area contributed by atoms with E-state index >= 15 is 0 Å². The first kappa shape index (κ1) is 10.9. The SMILES string of the molecule is Nc1ccc2c(-n3cnc4ccccc43)ncnc2c1. The molecule has 5 nitrogen and oxygen atoms in total. The molecule has 0 atom stereocenters. The molecule has 0 aliphatic rings. The minimum atomic E-state index is 0.692. The summed E-state index contributed by atoms with van der Waals surface area (Å²) >= 11 is 0. The van der Waals surface area contributed by atoms with Crippen molar-refractivity contribution in [1.29, 1.82) is 0 Å². The summed E-state index contributed by atoms with van der Waals surface area (Å²) in [5, 5.41) is 0.949. The zero-order chi connectivity index (χ0) is 13.5. The van der Waals surface area contributed by atoms with E-state index in [1.165, 1.54) is 0 Å². The van der Waals surface area contributed by atoms with Gasteiger partial charge in [-0.3, -0.25) is 4.57 Å². The summed E-state index contributed by atoms with van der Waals surface area (Å²) in [5.41, 5.74) is 9.28. The van der Waals surface area contributed by atoms with Crippen LogP contribution >= 0.6 is 0 Å². The van der Waals surface area contributed by atoms with Gasteiger partial charge in [0.1, 0.15) is 18.5 Å². The van der Waals surface area contributed by atoms with Crippen molar-refractivity contribution >= 4 is 27.6 Å². The van der Waals surface area contributed by atoms with Crippen LogP contribution in [0.15, 0.2) is 55.1 Å². The standard InChI is InChI=1S/C15H11N5/c16-10-5-6-11-13(7-10)17-8-18-15(11)20-9-19-12-3-1-2-4-14(12)20/h1-9H,16H2. The molecule has 0 unspecified atom stereocenters. The van der Waals surface area contributed by atoms with E-state index in [0.717, 1.165) is 27.8 Å². The number of nitrogens with two attached hydrogens (primary N) is 1. The molecule has 0 saturated carbocycles. The molecule has 96 valence electrons. The molecule has 2 aromatic carbocycles. The molecular weight excluding hydrogens is 250 g/mol. The highest BCUT2D eigenvalue weighted by Crippen LogP contribution is 2.23. The van der Waals surface area contributed by atoms with Crippen LogP contribution in [0.2, 0.25) is 0 Å². The van der Waals surface area contributed by atoms with Crippen molar-refractivity contribution in [2.75, 3.05) is 5.73 Å². The normalized spacial score (nSPS) is 11.2. The van der Waals surface area contributed by atoms with Crippen LogP contribution in [0.25, 0.3) is 27.8 Å². The average Bonchev–Trinajstić information content (AvgIpc) is 2.90. The van der Waals surface area contributed by atoms with Crippen LogP contribution in [0.4, 0.5) is 5.69 Å². The lowest BCUT2D eigenvalue weighted by molar-refractivity contribution is 1.02. The summed E-state index contributed by atoms with van der Waals surface area (Å²) in [4.78, 5) is 13.1. The monoisotopic (exact) mass is 261 g/mol. The third-order valence-corrected chi connectivity index (χ3v) is 3.32. The maximum absolute atomic E-state index is 5.80. The van der Waals surface area contributed by atoms with E-state index in [1.54, 1.807) is 12.7 Å². The van der Waals surface area contributed by atoms with Gasteiger partial charge in [0.25, 0.3) is 0 Å². The molecule has 20 heavy (non-hydrogen) atoms. The summed E-state index contributed by atoms with van der Waals surface area (Å²) < 4.78 is 1.97. The van der Waals surface area contributed by atoms with Gasteiger partial charge in [-0.05, 0) is 30.3 Å². The number of nitrogen functional groups attached to an aromatic ring is 1. The Balaban J connectivity index is 2.07. The maximum atomic E-state index is 5.80. The predicted molar refractivity (Wildman–Crippen MR) is 78.6 cm³/mol. The number of fused-ring (bicyclic) bond motifs is 2. The van der Waals surface area contributed by atoms with E-state index < -0.39 is 0 Å². The van der Waals surface area contributed by atoms with Gasteiger partial charge >= 0.3 is 0 Å². The molecule has 5 heteroatoms. The Morgan fingerprint density at radius 1 is 0.900 bits per heavy atom. The second-order valence-electron chi connectivity index (χ2n) is 4.58. The summed E-state index contributed by atoms with van der Waals surface area (Å²) in [5.74, 6) is 0.809. The molecule has 0 bridgehead atoms. The predicted octanol–water partition coefficient (Wildman–Crippen LogP) is 2.55. The zero-order valence-electron chi connectivity index (χ0n) is 10.6. The minimum absolute atomic E-state index is 0.692. The van der Waals surface area contributed by atoms with Crippen molar-refractivity contribution in [2.24, 2.45) is 0 Å². The highest BCUT2D eigenvalue weighted by molar-refractivity contribution is 5.89. The quantitative estimate of drug-likeness (QED) is 0.534. The lowest BCUT2D eigenvalue weighted by atomic mass is 10.2. The second-order valence-corrected chi connectivity index (χ2v) is 4.58. The van der Waals surface area contributed by atoms with Gasteiger partial charge in [0, 0.05) is 11.1 Å². The van der Waals surface area contributed by atoms with Crippen LogP contribution in [0.3, 0.4) is 0 Å². The lowest BCUT2D eigenvalue weighted by Gasteiger charge is -2.07. The largest absolute Gasteiger partial charge is 0.399 e. The summed E-state index contributed by atoms with van der Waals surface area (Å²) in [6.45, 7) is 0. The smallest absolute Gasteiger partial charge is 0.149 e. The Kier molecular flexibility index (Phi) is 2.20. The van der Waals surface area contributed by atoms with Gasteiger partial charge < -0.3 is 5.73 Å². The zero-order valence-corrected chi connectivity index (χ0v) is 10.6. The van der Waals surface area contributed by atoms with Crippen molar-refractivity contribution in [1.82, 2.24) is 19.5 Å². The van der Waals surface area contributed by atoms with E-state index in [2.05, 4.69) is 15.0 Å². The fourth-order valence-corrected chi connectivity index (χ4v) is 2.38. The lowest BCUT2D eigenvalue weighted by Crippen LogP contribution is -1.98. The van der Waals surface area contributed by atoms with Crippen molar-refractivity contribution in [3.05, 3.63) is 55.1 Å². The highest BCUT2D eigenvalue weighted by atomic mass is 15.1. The minimum Gasteiger partial charge on any atom is -0.399 e. The van der Waals surface area contributed by atoms with E-state index in [4.69, 9.17) is 5.73 Å². The Morgan fingerprint density at radius 2 is 1.80 bits per heavy atom. The number of hydrogen-bond acceptors (Lipinski definition) is 4. The number of rotatable bonds is 1. The van der Waals surface area contributed by atoms with Crippen molar-refractivity contribution < 1.29 is 0 Å². The molecule has 0 aliphatic carbocycles. The fourth-order valence-electron chi connectivity index (χ4n) is 2.38. The van der Waals surface area contributed by atoms with Crippen molar-refractivity contribution in [2.45, 2.75) is 0 Å². The van der Waals surface area contributed by atoms with E-state index in [-0.39, 0.29) is 0 Å². The Labute approximate surface area is 114 Å². The van der Waals surface area contributed by atoms with Gasteiger partial charge in [0.2, 0.25) is 0 Å². The van der Waals surface area contributed by atoms with Crippen LogP contribution in [0.1, 0.15) is 0 Å². The van der Waals surface area contributed by atoms with Crippen LogP contribution in [-0.2, 0) is 0 Å². The summed E-state index contributed by atoms with van der Waals surface area (Å²) in [7, 11) is 0. The Bertz CT molecular complexity index is 926. The van der Waals surface area contributed by atoms with Gasteiger partial charge in [0.05, 0.1) is 16.6 Å². The van der Waals surface area contributed by atoms with Crippen molar-refractivity contribution in [3.63, 3.8) is 0 Å². The van der Waals surface area contributed by atoms with Gasteiger partial charge in [0.15, 0.2) is 0 Å². The molecule has 0 radical (unpaired) electrons. The highest BCUT2D eigenvalue weighted by Gasteiger charge is 2.09. The number of para-hydroxylation sites is 2. The summed E-state index contributed by atoms with van der Waals surface area (Å²) in [6.07, 6.45) is 3.33. The molecule has 0 spiro atoms. The van der Waals surface area contributed by atoms with E-state index in [1.807, 2.05) is 47.0 Å². The van der Waals surface area contributed by atoms with Gasteiger partial charge in [-0.2, -0.15) is 0 Å². The van der Waals surface area contributed by atoms with E-state index in [9.17, 15) is 0 Å². The molecule has 2 aromatic heterocycles. The third-order valence-electron chi connectivity index (χ3n) is 3.32. The number of nitrogens with zero attached hydrogens (tertiary/aromatic N) is 4. The Morgan fingerprint density at radius 3 is 2.75 bits per heavy atom. The average molecular weight is 261 g/mol. The van der Waals surface area contributed by atoms with Crippen molar-refractivity contribution in [3.8, 4) is 5.82 Å². The topological polar surface area (TPSA) is 69.6 Å². The van der Waals surface area contributed by atoms with E-state index in [0.29, 0.717) is 5.69 Å². The molecule has 4 rings (SSSR count). The van der Waals surface area contributed by atoms with Crippen LogP contribution < -0.4 is 5.73 Å². The molecular formula is C15H11N5. The molecule has 2 N–H and O–H groups in total.